The third kappa shape index (κ3) is 6.90. The van der Waals surface area contributed by atoms with Gasteiger partial charge in [-0.05, 0) is 68.7 Å². The quantitative estimate of drug-likeness (QED) is 0.449. The van der Waals surface area contributed by atoms with E-state index in [1.54, 1.807) is 31.2 Å². The summed E-state index contributed by atoms with van der Waals surface area (Å²) >= 11 is 6.06. The second-order valence-electron chi connectivity index (χ2n) is 8.74. The maximum Gasteiger partial charge on any atom is 0.243 e. The Morgan fingerprint density at radius 1 is 1.08 bits per heavy atom. The summed E-state index contributed by atoms with van der Waals surface area (Å²) in [7, 11) is -7.28. The number of aryl methyl sites for hydroxylation is 1. The second kappa shape index (κ2) is 11.8. The molecule has 0 spiro atoms. The molecule has 0 aliphatic carbocycles. The Morgan fingerprint density at radius 3 is 2.33 bits per heavy atom. The molecule has 3 rings (SSSR count). The van der Waals surface area contributed by atoms with Gasteiger partial charge in [-0.1, -0.05) is 24.1 Å². The van der Waals surface area contributed by atoms with Crippen molar-refractivity contribution in [1.82, 2.24) is 9.62 Å². The van der Waals surface area contributed by atoms with Gasteiger partial charge in [-0.2, -0.15) is 4.31 Å². The van der Waals surface area contributed by atoms with Crippen LogP contribution < -0.4 is 14.4 Å². The second-order valence-corrected chi connectivity index (χ2v) is 13.0. The first-order chi connectivity index (χ1) is 16.9. The average Bonchev–Trinajstić information content (AvgIpc) is 2.84. The zero-order valence-corrected chi connectivity index (χ0v) is 23.0. The number of hydrogen-bond acceptors (Lipinski definition) is 6. The van der Waals surface area contributed by atoms with Crippen LogP contribution in [0.25, 0.3) is 0 Å². The lowest BCUT2D eigenvalue weighted by Gasteiger charge is -2.29. The lowest BCUT2D eigenvalue weighted by molar-refractivity contribution is -0.121. The van der Waals surface area contributed by atoms with Gasteiger partial charge in [0.05, 0.1) is 23.4 Å². The molecule has 0 radical (unpaired) electrons. The molecule has 1 fully saturated rings. The average molecular weight is 558 g/mol. The van der Waals surface area contributed by atoms with Crippen LogP contribution in [-0.4, -0.2) is 65.6 Å². The molecule has 2 aromatic carbocycles. The summed E-state index contributed by atoms with van der Waals surface area (Å²) in [6.07, 6.45) is 3.81. The highest BCUT2D eigenvalue weighted by Gasteiger charge is 2.30. The number of ether oxygens (including phenoxy) is 1. The molecule has 1 N–H and O–H groups in total. The van der Waals surface area contributed by atoms with Crippen LogP contribution in [0.5, 0.6) is 5.75 Å². The fourth-order valence-electron chi connectivity index (χ4n) is 4.05. The molecule has 0 saturated carbocycles. The van der Waals surface area contributed by atoms with Gasteiger partial charge in [0, 0.05) is 18.1 Å². The Balaban J connectivity index is 1.56. The molecule has 1 aliphatic rings. The SMILES string of the molecule is Cc1ccc(Cl)cc1N(C(C)C(=O)NCCOc1ccc(S(=O)(=O)N2CCCCC2)cc1)S(C)(=O)=O. The van der Waals surface area contributed by atoms with Gasteiger partial charge < -0.3 is 10.1 Å². The van der Waals surface area contributed by atoms with Crippen LogP contribution in [0, 0.1) is 6.92 Å². The van der Waals surface area contributed by atoms with E-state index in [9.17, 15) is 21.6 Å². The number of benzene rings is 2. The summed E-state index contributed by atoms with van der Waals surface area (Å²) in [6, 6.07) is 10.0. The Labute approximate surface area is 218 Å². The minimum absolute atomic E-state index is 0.117. The molecule has 1 saturated heterocycles. The van der Waals surface area contributed by atoms with Gasteiger partial charge in [0.1, 0.15) is 18.4 Å². The van der Waals surface area contributed by atoms with Crippen molar-refractivity contribution in [3.8, 4) is 5.75 Å². The van der Waals surface area contributed by atoms with Crippen LogP contribution in [0.2, 0.25) is 5.02 Å². The minimum atomic E-state index is -3.77. The molecule has 1 unspecified atom stereocenters. The van der Waals surface area contributed by atoms with Crippen LogP contribution in [0.3, 0.4) is 0 Å². The van der Waals surface area contributed by atoms with E-state index in [0.29, 0.717) is 35.1 Å². The van der Waals surface area contributed by atoms with Crippen molar-refractivity contribution in [2.45, 2.75) is 44.0 Å². The summed E-state index contributed by atoms with van der Waals surface area (Å²) < 4.78 is 58.7. The van der Waals surface area contributed by atoms with Gasteiger partial charge in [0.25, 0.3) is 0 Å². The van der Waals surface area contributed by atoms with Crippen molar-refractivity contribution >= 4 is 43.2 Å². The number of sulfonamides is 2. The Hall–Kier alpha value is -2.34. The first-order valence-corrected chi connectivity index (χ1v) is 15.3. The number of nitrogens with one attached hydrogen (secondary N) is 1. The number of rotatable bonds is 10. The van der Waals surface area contributed by atoms with E-state index >= 15 is 0 Å². The fourth-order valence-corrected chi connectivity index (χ4v) is 6.96. The highest BCUT2D eigenvalue weighted by atomic mass is 35.5. The summed E-state index contributed by atoms with van der Waals surface area (Å²) in [5.41, 5.74) is 1.00. The molecule has 1 aliphatic heterocycles. The highest BCUT2D eigenvalue weighted by molar-refractivity contribution is 7.92. The first kappa shape index (κ1) is 28.2. The van der Waals surface area contributed by atoms with Gasteiger partial charge in [0.2, 0.25) is 26.0 Å². The van der Waals surface area contributed by atoms with Crippen molar-refractivity contribution in [3.63, 3.8) is 0 Å². The molecule has 0 bridgehead atoms. The number of hydrogen-bond donors (Lipinski definition) is 1. The van der Waals surface area contributed by atoms with Gasteiger partial charge in [-0.25, -0.2) is 16.8 Å². The summed E-state index contributed by atoms with van der Waals surface area (Å²) in [4.78, 5) is 13.0. The van der Waals surface area contributed by atoms with E-state index in [-0.39, 0.29) is 18.0 Å². The molecule has 36 heavy (non-hydrogen) atoms. The third-order valence-corrected chi connectivity index (χ3v) is 9.32. The largest absolute Gasteiger partial charge is 0.492 e. The number of piperidine rings is 1. The molecular weight excluding hydrogens is 526 g/mol. The van der Waals surface area contributed by atoms with Crippen molar-refractivity contribution < 1.29 is 26.4 Å². The number of anilines is 1. The van der Waals surface area contributed by atoms with Crippen LogP contribution in [-0.2, 0) is 24.8 Å². The Kier molecular flexibility index (Phi) is 9.26. The highest BCUT2D eigenvalue weighted by Crippen LogP contribution is 2.28. The summed E-state index contributed by atoms with van der Waals surface area (Å²) in [6.45, 7) is 4.55. The number of carbonyl (C=O) groups excluding carboxylic acids is 1. The van der Waals surface area contributed by atoms with E-state index in [0.717, 1.165) is 29.8 Å². The number of amides is 1. The Bertz CT molecular complexity index is 1280. The molecule has 0 aromatic heterocycles. The van der Waals surface area contributed by atoms with Gasteiger partial charge in [-0.3, -0.25) is 9.10 Å². The molecular formula is C24H32ClN3O6S2. The molecule has 9 nitrogen and oxygen atoms in total. The molecule has 1 amide bonds. The zero-order valence-electron chi connectivity index (χ0n) is 20.6. The lowest BCUT2D eigenvalue weighted by Crippen LogP contribution is -2.48. The minimum Gasteiger partial charge on any atom is -0.492 e. The third-order valence-electron chi connectivity index (χ3n) is 5.94. The fraction of sp³-hybridized carbons (Fsp3) is 0.458. The topological polar surface area (TPSA) is 113 Å². The van der Waals surface area contributed by atoms with Gasteiger partial charge in [0.15, 0.2) is 0 Å². The van der Waals surface area contributed by atoms with Crippen molar-refractivity contribution in [3.05, 3.63) is 53.1 Å². The van der Waals surface area contributed by atoms with Crippen LogP contribution >= 0.6 is 11.6 Å². The molecule has 2 aromatic rings. The van der Waals surface area contributed by atoms with Crippen LogP contribution in [0.1, 0.15) is 31.7 Å². The van der Waals surface area contributed by atoms with E-state index in [1.807, 2.05) is 0 Å². The summed E-state index contributed by atoms with van der Waals surface area (Å²) in [5, 5.41) is 3.04. The molecule has 1 heterocycles. The van der Waals surface area contributed by atoms with Crippen molar-refractivity contribution in [2.24, 2.45) is 0 Å². The predicted molar refractivity (Wildman–Crippen MR) is 141 cm³/mol. The lowest BCUT2D eigenvalue weighted by atomic mass is 10.2. The van der Waals surface area contributed by atoms with Crippen LogP contribution in [0.15, 0.2) is 47.4 Å². The normalized spacial score (nSPS) is 15.8. The van der Waals surface area contributed by atoms with E-state index < -0.39 is 32.0 Å². The van der Waals surface area contributed by atoms with Gasteiger partial charge >= 0.3 is 0 Å². The maximum atomic E-state index is 12.7. The van der Waals surface area contributed by atoms with Crippen LogP contribution in [0.4, 0.5) is 5.69 Å². The standard InChI is InChI=1S/C24H32ClN3O6S2/c1-18-7-8-20(25)17-23(18)28(35(3,30)31)19(2)24(29)26-13-16-34-21-9-11-22(12-10-21)36(32,33)27-14-5-4-6-15-27/h7-12,17,19H,4-6,13-16H2,1-3H3,(H,26,29). The van der Waals surface area contributed by atoms with E-state index in [4.69, 9.17) is 16.3 Å². The van der Waals surface area contributed by atoms with Crippen molar-refractivity contribution in [2.75, 3.05) is 36.8 Å². The first-order valence-electron chi connectivity index (χ1n) is 11.7. The maximum absolute atomic E-state index is 12.7. The molecule has 12 heteroatoms. The molecule has 1 atom stereocenters. The van der Waals surface area contributed by atoms with Crippen molar-refractivity contribution in [1.29, 1.82) is 0 Å². The summed E-state index contributed by atoms with van der Waals surface area (Å²) in [5.74, 6) is -0.0337. The zero-order chi connectivity index (χ0) is 26.5. The van der Waals surface area contributed by atoms with E-state index in [2.05, 4.69) is 5.32 Å². The molecule has 198 valence electrons. The Morgan fingerprint density at radius 2 is 1.72 bits per heavy atom. The number of nitrogens with zero attached hydrogens (tertiary/aromatic N) is 2. The van der Waals surface area contributed by atoms with E-state index in [1.165, 1.54) is 29.4 Å². The predicted octanol–water partition coefficient (Wildman–Crippen LogP) is 3.17. The van der Waals surface area contributed by atoms with Gasteiger partial charge in [-0.15, -0.1) is 0 Å². The number of halogens is 1. The number of carbonyl (C=O) groups is 1. The monoisotopic (exact) mass is 557 g/mol. The smallest absolute Gasteiger partial charge is 0.243 e.